The van der Waals surface area contributed by atoms with Crippen molar-refractivity contribution in [3.8, 4) is 0 Å². The van der Waals surface area contributed by atoms with E-state index in [4.69, 9.17) is 4.42 Å². The zero-order valence-corrected chi connectivity index (χ0v) is 15.9. The molecule has 1 saturated heterocycles. The van der Waals surface area contributed by atoms with Crippen molar-refractivity contribution in [2.45, 2.75) is 13.8 Å². The van der Waals surface area contributed by atoms with Gasteiger partial charge in [-0.2, -0.15) is 0 Å². The number of nitrogens with zero attached hydrogens (tertiary/aromatic N) is 3. The van der Waals surface area contributed by atoms with Crippen LogP contribution in [0.4, 0.5) is 0 Å². The Kier molecular flexibility index (Phi) is 6.42. The summed E-state index contributed by atoms with van der Waals surface area (Å²) in [4.78, 5) is 42.7. The van der Waals surface area contributed by atoms with Crippen molar-refractivity contribution < 1.29 is 18.8 Å². The van der Waals surface area contributed by atoms with E-state index >= 15 is 0 Å². The number of nitrogens with one attached hydrogen (secondary N) is 1. The molecule has 1 aromatic heterocycles. The van der Waals surface area contributed by atoms with Crippen LogP contribution in [0.5, 0.6) is 0 Å². The molecule has 0 aromatic carbocycles. The highest BCUT2D eigenvalue weighted by Crippen LogP contribution is 2.21. The van der Waals surface area contributed by atoms with Crippen LogP contribution in [0.25, 0.3) is 0 Å². The molecule has 1 aliphatic rings. The van der Waals surface area contributed by atoms with Crippen LogP contribution in [0.15, 0.2) is 22.8 Å². The highest BCUT2D eigenvalue weighted by Gasteiger charge is 2.40. The summed E-state index contributed by atoms with van der Waals surface area (Å²) in [5.74, 6) is -0.378. The van der Waals surface area contributed by atoms with Crippen LogP contribution < -0.4 is 5.32 Å². The summed E-state index contributed by atoms with van der Waals surface area (Å²) in [6.45, 7) is 6.13. The molecule has 0 aliphatic carbocycles. The van der Waals surface area contributed by atoms with Crippen LogP contribution in [0.1, 0.15) is 24.4 Å². The molecule has 1 aliphatic heterocycles. The summed E-state index contributed by atoms with van der Waals surface area (Å²) < 4.78 is 5.13. The average molecular weight is 364 g/mol. The first kappa shape index (κ1) is 20.0. The molecule has 0 unspecified atom stereocenters. The van der Waals surface area contributed by atoms with Crippen LogP contribution in [-0.4, -0.2) is 85.8 Å². The number of amides is 3. The molecule has 0 saturated carbocycles. The van der Waals surface area contributed by atoms with Gasteiger partial charge in [0.1, 0.15) is 5.41 Å². The maximum Gasteiger partial charge on any atom is 0.289 e. The first-order valence-electron chi connectivity index (χ1n) is 8.78. The van der Waals surface area contributed by atoms with E-state index in [0.717, 1.165) is 0 Å². The monoisotopic (exact) mass is 364 g/mol. The van der Waals surface area contributed by atoms with Gasteiger partial charge in [0, 0.05) is 39.3 Å². The fourth-order valence-electron chi connectivity index (χ4n) is 2.78. The third kappa shape index (κ3) is 4.63. The number of likely N-dealkylation sites (N-methyl/N-ethyl adjacent to an activating group) is 1. The standard InChI is InChI=1S/C18H28N4O4/c1-18(2,16(24)19-7-8-20(3)4)17(25)22-11-9-21(10-12-22)15(23)14-6-5-13-26-14/h5-6,13H,7-12H2,1-4H3,(H,19,24). The molecule has 0 radical (unpaired) electrons. The molecule has 144 valence electrons. The van der Waals surface area contributed by atoms with Gasteiger partial charge in [-0.25, -0.2) is 0 Å². The van der Waals surface area contributed by atoms with Gasteiger partial charge < -0.3 is 24.4 Å². The largest absolute Gasteiger partial charge is 0.459 e. The lowest BCUT2D eigenvalue weighted by molar-refractivity contribution is -0.149. The van der Waals surface area contributed by atoms with Crippen LogP contribution in [0.3, 0.4) is 0 Å². The van der Waals surface area contributed by atoms with Crippen molar-refractivity contribution >= 4 is 17.7 Å². The molecule has 1 aromatic rings. The van der Waals surface area contributed by atoms with Crippen LogP contribution in [0, 0.1) is 5.41 Å². The summed E-state index contributed by atoms with van der Waals surface area (Å²) in [7, 11) is 3.85. The van der Waals surface area contributed by atoms with Crippen LogP contribution in [-0.2, 0) is 9.59 Å². The Balaban J connectivity index is 1.88. The molecule has 8 heteroatoms. The van der Waals surface area contributed by atoms with Gasteiger partial charge in [0.2, 0.25) is 11.8 Å². The number of rotatable bonds is 6. The van der Waals surface area contributed by atoms with Gasteiger partial charge in [0.05, 0.1) is 6.26 Å². The van der Waals surface area contributed by atoms with E-state index in [1.165, 1.54) is 6.26 Å². The number of hydrogen-bond acceptors (Lipinski definition) is 5. The Morgan fingerprint density at radius 2 is 1.77 bits per heavy atom. The molecule has 26 heavy (non-hydrogen) atoms. The average Bonchev–Trinajstić information content (AvgIpc) is 3.14. The number of carbonyl (C=O) groups excluding carboxylic acids is 3. The van der Waals surface area contributed by atoms with Gasteiger partial charge in [-0.05, 0) is 40.1 Å². The van der Waals surface area contributed by atoms with E-state index in [0.29, 0.717) is 45.0 Å². The third-order valence-electron chi connectivity index (χ3n) is 4.53. The van der Waals surface area contributed by atoms with Crippen molar-refractivity contribution in [1.82, 2.24) is 20.0 Å². The fraction of sp³-hybridized carbons (Fsp3) is 0.611. The quantitative estimate of drug-likeness (QED) is 0.732. The maximum absolute atomic E-state index is 12.8. The summed E-state index contributed by atoms with van der Waals surface area (Å²) in [5, 5.41) is 2.81. The third-order valence-corrected chi connectivity index (χ3v) is 4.53. The Morgan fingerprint density at radius 3 is 2.31 bits per heavy atom. The van der Waals surface area contributed by atoms with Crippen molar-refractivity contribution in [2.24, 2.45) is 5.41 Å². The minimum Gasteiger partial charge on any atom is -0.459 e. The van der Waals surface area contributed by atoms with Crippen molar-refractivity contribution in [1.29, 1.82) is 0 Å². The van der Waals surface area contributed by atoms with Gasteiger partial charge >= 0.3 is 0 Å². The number of furan rings is 1. The van der Waals surface area contributed by atoms with Gasteiger partial charge in [0.15, 0.2) is 5.76 Å². The molecule has 8 nitrogen and oxygen atoms in total. The fourth-order valence-corrected chi connectivity index (χ4v) is 2.78. The highest BCUT2D eigenvalue weighted by atomic mass is 16.3. The lowest BCUT2D eigenvalue weighted by Crippen LogP contribution is -2.56. The highest BCUT2D eigenvalue weighted by molar-refractivity contribution is 6.04. The van der Waals surface area contributed by atoms with Crippen molar-refractivity contribution in [2.75, 3.05) is 53.4 Å². The molecule has 1 fully saturated rings. The normalized spacial score (nSPS) is 15.3. The van der Waals surface area contributed by atoms with E-state index < -0.39 is 5.41 Å². The molecular weight excluding hydrogens is 336 g/mol. The second kappa shape index (κ2) is 8.35. The second-order valence-corrected chi connectivity index (χ2v) is 7.25. The Bertz CT molecular complexity index is 632. The number of hydrogen-bond donors (Lipinski definition) is 1. The van der Waals surface area contributed by atoms with Crippen molar-refractivity contribution in [3.63, 3.8) is 0 Å². The zero-order valence-electron chi connectivity index (χ0n) is 15.9. The SMILES string of the molecule is CN(C)CCNC(=O)C(C)(C)C(=O)N1CCN(C(=O)c2ccco2)CC1. The minimum atomic E-state index is -1.14. The molecule has 2 heterocycles. The maximum atomic E-state index is 12.8. The Labute approximate surface area is 154 Å². The van der Waals surface area contributed by atoms with Crippen LogP contribution in [0.2, 0.25) is 0 Å². The van der Waals surface area contributed by atoms with E-state index in [2.05, 4.69) is 5.32 Å². The Hall–Kier alpha value is -2.35. The van der Waals surface area contributed by atoms with Gasteiger partial charge in [0.25, 0.3) is 5.91 Å². The van der Waals surface area contributed by atoms with Gasteiger partial charge in [-0.1, -0.05) is 0 Å². The van der Waals surface area contributed by atoms with Crippen LogP contribution >= 0.6 is 0 Å². The van der Waals surface area contributed by atoms with E-state index in [9.17, 15) is 14.4 Å². The van der Waals surface area contributed by atoms with E-state index in [1.807, 2.05) is 19.0 Å². The number of piperazine rings is 1. The van der Waals surface area contributed by atoms with E-state index in [-0.39, 0.29) is 17.7 Å². The lowest BCUT2D eigenvalue weighted by atomic mass is 9.90. The molecule has 3 amide bonds. The molecule has 0 atom stereocenters. The minimum absolute atomic E-state index is 0.178. The Morgan fingerprint density at radius 1 is 1.15 bits per heavy atom. The molecule has 0 bridgehead atoms. The molecular formula is C18H28N4O4. The molecule has 2 rings (SSSR count). The summed E-state index contributed by atoms with van der Waals surface area (Å²) in [5.41, 5.74) is -1.14. The molecule has 1 N–H and O–H groups in total. The number of carbonyl (C=O) groups is 3. The van der Waals surface area contributed by atoms with Crippen molar-refractivity contribution in [3.05, 3.63) is 24.2 Å². The predicted molar refractivity (Wildman–Crippen MR) is 96.5 cm³/mol. The van der Waals surface area contributed by atoms with Gasteiger partial charge in [-0.15, -0.1) is 0 Å². The summed E-state index contributed by atoms with van der Waals surface area (Å²) >= 11 is 0. The summed E-state index contributed by atoms with van der Waals surface area (Å²) in [6, 6.07) is 3.30. The van der Waals surface area contributed by atoms with E-state index in [1.54, 1.807) is 35.8 Å². The first-order valence-corrected chi connectivity index (χ1v) is 8.78. The first-order chi connectivity index (χ1) is 12.2. The molecule has 0 spiro atoms. The summed E-state index contributed by atoms with van der Waals surface area (Å²) in [6.07, 6.45) is 1.46. The second-order valence-electron chi connectivity index (χ2n) is 7.25. The van der Waals surface area contributed by atoms with Gasteiger partial charge in [-0.3, -0.25) is 14.4 Å². The smallest absolute Gasteiger partial charge is 0.289 e. The topological polar surface area (TPSA) is 86.1 Å². The predicted octanol–water partition coefficient (Wildman–Crippen LogP) is 0.268. The lowest BCUT2D eigenvalue weighted by Gasteiger charge is -2.37. The zero-order chi connectivity index (χ0) is 19.3.